The van der Waals surface area contributed by atoms with Gasteiger partial charge in [0.15, 0.2) is 0 Å². The first-order valence-electron chi connectivity index (χ1n) is 8.60. The van der Waals surface area contributed by atoms with Crippen molar-refractivity contribution in [3.05, 3.63) is 24.7 Å². The largest absolute Gasteiger partial charge is 0.252 e. The van der Waals surface area contributed by atoms with Gasteiger partial charge in [0.25, 0.3) is 0 Å². The highest BCUT2D eigenvalue weighted by molar-refractivity contribution is 4.92. The van der Waals surface area contributed by atoms with E-state index in [9.17, 15) is 0 Å². The molecule has 0 aliphatic rings. The first kappa shape index (κ1) is 19.0. The zero-order valence-electron chi connectivity index (χ0n) is 14.0. The van der Waals surface area contributed by atoms with Crippen molar-refractivity contribution >= 4 is 0 Å². The number of azo groups is 1. The smallest absolute Gasteiger partial charge is 0.0827 e. The quantitative estimate of drug-likeness (QED) is 0.375. The van der Waals surface area contributed by atoms with Crippen LogP contribution in [-0.4, -0.2) is 21.5 Å². The van der Waals surface area contributed by atoms with Gasteiger partial charge in [0.05, 0.1) is 18.3 Å². The van der Waals surface area contributed by atoms with E-state index in [-0.39, 0.29) is 0 Å². The summed E-state index contributed by atoms with van der Waals surface area (Å²) in [6.07, 6.45) is 14.2. The van der Waals surface area contributed by atoms with E-state index in [2.05, 4.69) is 33.2 Å². The topological polar surface area (TPSA) is 79.2 Å². The van der Waals surface area contributed by atoms with E-state index in [1.54, 1.807) is 0 Å². The Morgan fingerprint density at radius 3 is 2.70 bits per heavy atom. The summed E-state index contributed by atoms with van der Waals surface area (Å²) in [6.45, 7) is 5.24. The summed E-state index contributed by atoms with van der Waals surface area (Å²) >= 11 is 0. The molecule has 0 unspecified atom stereocenters. The zero-order chi connectivity index (χ0) is 16.6. The van der Waals surface area contributed by atoms with Crippen LogP contribution in [0.15, 0.2) is 29.2 Å². The van der Waals surface area contributed by atoms with E-state index in [1.807, 2.05) is 10.9 Å². The molecule has 1 rings (SSSR count). The third-order valence-corrected chi connectivity index (χ3v) is 3.62. The van der Waals surface area contributed by atoms with Gasteiger partial charge >= 0.3 is 0 Å². The maximum absolute atomic E-state index is 8.50. The molecule has 0 saturated heterocycles. The third kappa shape index (κ3) is 10.3. The van der Waals surface area contributed by atoms with Crippen LogP contribution in [0, 0.1) is 11.3 Å². The number of aryl methyl sites for hydroxylation is 2. The van der Waals surface area contributed by atoms with Gasteiger partial charge in [0, 0.05) is 25.4 Å². The lowest BCUT2D eigenvalue weighted by Gasteiger charge is -2.01. The molecule has 0 N–H and O–H groups in total. The standard InChI is InChI=1S/C17H28N6/c1-2-19-20-14-10-5-3-4-6-11-15-23-16-17(21-22-23)12-8-7-9-13-18/h2,16H,1,3-12,14-15H2. The molecule has 23 heavy (non-hydrogen) atoms. The average molecular weight is 316 g/mol. The van der Waals surface area contributed by atoms with Crippen molar-refractivity contribution in [3.63, 3.8) is 0 Å². The Bertz CT molecular complexity index is 486. The SMILES string of the molecule is C=CN=NCCCCCCCCn1cc(CCCCC#N)nn1. The van der Waals surface area contributed by atoms with Crippen molar-refractivity contribution in [1.82, 2.24) is 15.0 Å². The summed E-state index contributed by atoms with van der Waals surface area (Å²) in [6, 6.07) is 2.17. The highest BCUT2D eigenvalue weighted by Gasteiger charge is 2.00. The molecule has 0 saturated carbocycles. The maximum Gasteiger partial charge on any atom is 0.0827 e. The van der Waals surface area contributed by atoms with Gasteiger partial charge in [-0.15, -0.1) is 5.10 Å². The minimum atomic E-state index is 0.630. The van der Waals surface area contributed by atoms with E-state index >= 15 is 0 Å². The Labute approximate surface area is 139 Å². The first-order valence-corrected chi connectivity index (χ1v) is 8.60. The molecule has 0 amide bonds. The molecule has 0 aliphatic heterocycles. The van der Waals surface area contributed by atoms with Gasteiger partial charge in [0.2, 0.25) is 0 Å². The molecular weight excluding hydrogens is 288 g/mol. The first-order chi connectivity index (χ1) is 11.4. The molecule has 0 radical (unpaired) electrons. The van der Waals surface area contributed by atoms with E-state index in [1.165, 1.54) is 31.9 Å². The Morgan fingerprint density at radius 1 is 1.13 bits per heavy atom. The second-order valence-electron chi connectivity index (χ2n) is 5.62. The second-order valence-corrected chi connectivity index (χ2v) is 5.62. The molecule has 0 aromatic carbocycles. The third-order valence-electron chi connectivity index (χ3n) is 3.62. The summed E-state index contributed by atoms with van der Waals surface area (Å²) in [4.78, 5) is 0. The van der Waals surface area contributed by atoms with Crippen LogP contribution in [0.2, 0.25) is 0 Å². The molecule has 0 spiro atoms. The number of unbranched alkanes of at least 4 members (excludes halogenated alkanes) is 7. The van der Waals surface area contributed by atoms with Crippen LogP contribution in [0.25, 0.3) is 0 Å². The Hall–Kier alpha value is -2.03. The molecule has 126 valence electrons. The van der Waals surface area contributed by atoms with Crippen LogP contribution in [0.4, 0.5) is 0 Å². The molecule has 0 atom stereocenters. The van der Waals surface area contributed by atoms with Crippen LogP contribution in [0.5, 0.6) is 0 Å². The zero-order valence-corrected chi connectivity index (χ0v) is 14.0. The average Bonchev–Trinajstić information content (AvgIpc) is 3.01. The predicted octanol–water partition coefficient (Wildman–Crippen LogP) is 4.45. The number of nitrogens with zero attached hydrogens (tertiary/aromatic N) is 6. The molecule has 6 nitrogen and oxygen atoms in total. The van der Waals surface area contributed by atoms with Crippen molar-refractivity contribution in [2.24, 2.45) is 10.2 Å². The summed E-state index contributed by atoms with van der Waals surface area (Å²) in [5, 5.41) is 24.6. The van der Waals surface area contributed by atoms with Crippen LogP contribution >= 0.6 is 0 Å². The van der Waals surface area contributed by atoms with E-state index in [4.69, 9.17) is 5.26 Å². The number of hydrogen-bond donors (Lipinski definition) is 0. The van der Waals surface area contributed by atoms with Gasteiger partial charge < -0.3 is 0 Å². The number of nitriles is 1. The fourth-order valence-electron chi connectivity index (χ4n) is 2.35. The van der Waals surface area contributed by atoms with Crippen molar-refractivity contribution < 1.29 is 0 Å². The van der Waals surface area contributed by atoms with Gasteiger partial charge in [-0.2, -0.15) is 15.5 Å². The van der Waals surface area contributed by atoms with E-state index in [0.717, 1.165) is 50.9 Å². The van der Waals surface area contributed by atoms with Gasteiger partial charge in [-0.3, -0.25) is 4.68 Å². The van der Waals surface area contributed by atoms with Gasteiger partial charge in [0.1, 0.15) is 0 Å². The van der Waals surface area contributed by atoms with Crippen molar-refractivity contribution in [3.8, 4) is 6.07 Å². The molecule has 6 heteroatoms. The minimum absolute atomic E-state index is 0.630. The lowest BCUT2D eigenvalue weighted by Crippen LogP contribution is -1.98. The highest BCUT2D eigenvalue weighted by Crippen LogP contribution is 2.08. The summed E-state index contributed by atoms with van der Waals surface area (Å²) in [5.41, 5.74) is 1.04. The van der Waals surface area contributed by atoms with Gasteiger partial charge in [-0.25, -0.2) is 0 Å². The molecule has 0 bridgehead atoms. The Balaban J connectivity index is 1.97. The van der Waals surface area contributed by atoms with Gasteiger partial charge in [-0.1, -0.05) is 37.5 Å². The number of hydrogen-bond acceptors (Lipinski definition) is 5. The van der Waals surface area contributed by atoms with E-state index < -0.39 is 0 Å². The van der Waals surface area contributed by atoms with Crippen LogP contribution < -0.4 is 0 Å². The molecule has 1 heterocycles. The van der Waals surface area contributed by atoms with Crippen LogP contribution in [0.3, 0.4) is 0 Å². The van der Waals surface area contributed by atoms with Crippen molar-refractivity contribution in [2.75, 3.05) is 6.54 Å². The lowest BCUT2D eigenvalue weighted by atomic mass is 10.1. The number of rotatable bonds is 14. The summed E-state index contributed by atoms with van der Waals surface area (Å²) < 4.78 is 1.94. The summed E-state index contributed by atoms with van der Waals surface area (Å²) in [5.74, 6) is 0. The fourth-order valence-corrected chi connectivity index (χ4v) is 2.35. The normalized spacial score (nSPS) is 10.9. The Kier molecular flexibility index (Phi) is 11.3. The van der Waals surface area contributed by atoms with Crippen molar-refractivity contribution in [2.45, 2.75) is 70.8 Å². The molecule has 1 aromatic heterocycles. The second kappa shape index (κ2) is 13.6. The van der Waals surface area contributed by atoms with Gasteiger partial charge in [-0.05, 0) is 32.1 Å². The molecular formula is C17H28N6. The van der Waals surface area contributed by atoms with Crippen LogP contribution in [-0.2, 0) is 13.0 Å². The van der Waals surface area contributed by atoms with E-state index in [0.29, 0.717) is 6.42 Å². The predicted molar refractivity (Wildman–Crippen MR) is 90.8 cm³/mol. The minimum Gasteiger partial charge on any atom is -0.252 e. The lowest BCUT2D eigenvalue weighted by molar-refractivity contribution is 0.514. The molecule has 1 aromatic rings. The highest BCUT2D eigenvalue weighted by atomic mass is 15.4. The number of aromatic nitrogens is 3. The maximum atomic E-state index is 8.50. The molecule has 0 aliphatic carbocycles. The van der Waals surface area contributed by atoms with Crippen LogP contribution in [0.1, 0.15) is 63.5 Å². The summed E-state index contributed by atoms with van der Waals surface area (Å²) in [7, 11) is 0. The Morgan fingerprint density at radius 2 is 1.91 bits per heavy atom. The fraction of sp³-hybridized carbons (Fsp3) is 0.706. The van der Waals surface area contributed by atoms with Crippen molar-refractivity contribution in [1.29, 1.82) is 5.26 Å². The monoisotopic (exact) mass is 316 g/mol. The molecule has 0 fully saturated rings.